The second-order valence-corrected chi connectivity index (χ2v) is 7.96. The summed E-state index contributed by atoms with van der Waals surface area (Å²) in [5.74, 6) is 0.161. The lowest BCUT2D eigenvalue weighted by atomic mass is 9.99. The van der Waals surface area contributed by atoms with Crippen molar-refractivity contribution in [1.29, 1.82) is 0 Å². The molecule has 138 valence electrons. The van der Waals surface area contributed by atoms with Crippen LogP contribution in [0.5, 0.6) is 0 Å². The van der Waals surface area contributed by atoms with Crippen molar-refractivity contribution in [1.82, 2.24) is 9.88 Å². The van der Waals surface area contributed by atoms with Gasteiger partial charge in [0.1, 0.15) is 5.82 Å². The number of carbonyl (C=O) groups excluding carboxylic acids is 1. The monoisotopic (exact) mass is 374 g/mol. The number of pyridine rings is 1. The summed E-state index contributed by atoms with van der Waals surface area (Å²) in [5.41, 5.74) is 7.73. The average molecular weight is 374 g/mol. The number of hydrogen-bond acceptors (Lipinski definition) is 5. The standard InChI is InChI=1S/C18H22N4O3S/c1-2-16(19)18(23)22-10-8-13-6-7-15(11-14(13)12-22)26(24,25)21-17-5-3-4-9-20-17/h3-7,9,11,16H,2,8,10,12,19H2,1H3,(H,20,21)/t16-/m0/s1. The zero-order valence-electron chi connectivity index (χ0n) is 14.6. The van der Waals surface area contributed by atoms with Gasteiger partial charge in [-0.05, 0) is 48.2 Å². The number of sulfonamides is 1. The number of anilines is 1. The maximum absolute atomic E-state index is 12.6. The summed E-state index contributed by atoms with van der Waals surface area (Å²) in [4.78, 5) is 18.2. The number of nitrogens with zero attached hydrogens (tertiary/aromatic N) is 2. The number of nitrogens with one attached hydrogen (secondary N) is 1. The molecule has 0 saturated heterocycles. The molecule has 0 radical (unpaired) electrons. The summed E-state index contributed by atoms with van der Waals surface area (Å²) in [6.45, 7) is 2.83. The third-order valence-electron chi connectivity index (χ3n) is 4.47. The highest BCUT2D eigenvalue weighted by Crippen LogP contribution is 2.24. The van der Waals surface area contributed by atoms with Crippen LogP contribution in [0.1, 0.15) is 24.5 Å². The van der Waals surface area contributed by atoms with E-state index in [4.69, 9.17) is 5.73 Å². The van der Waals surface area contributed by atoms with Gasteiger partial charge in [0.2, 0.25) is 5.91 Å². The molecule has 0 saturated carbocycles. The van der Waals surface area contributed by atoms with Crippen LogP contribution in [-0.4, -0.2) is 36.8 Å². The first-order valence-corrected chi connectivity index (χ1v) is 9.99. The molecule has 0 unspecified atom stereocenters. The molecule has 1 aromatic carbocycles. The Kier molecular flexibility index (Phi) is 5.24. The number of benzene rings is 1. The van der Waals surface area contributed by atoms with E-state index in [1.54, 1.807) is 35.2 Å². The van der Waals surface area contributed by atoms with E-state index < -0.39 is 16.1 Å². The molecule has 1 atom stereocenters. The molecular formula is C18H22N4O3S. The minimum absolute atomic E-state index is 0.0991. The summed E-state index contributed by atoms with van der Waals surface area (Å²) >= 11 is 0. The molecule has 0 bridgehead atoms. The van der Waals surface area contributed by atoms with Crippen molar-refractivity contribution in [3.8, 4) is 0 Å². The Morgan fingerprint density at radius 3 is 2.81 bits per heavy atom. The van der Waals surface area contributed by atoms with Crippen LogP contribution in [0.15, 0.2) is 47.5 Å². The molecule has 3 rings (SSSR count). The molecule has 0 spiro atoms. The maximum Gasteiger partial charge on any atom is 0.263 e. The first-order valence-electron chi connectivity index (χ1n) is 8.50. The summed E-state index contributed by atoms with van der Waals surface area (Å²) in [5, 5.41) is 0. The van der Waals surface area contributed by atoms with Crippen LogP contribution in [0.25, 0.3) is 0 Å². The van der Waals surface area contributed by atoms with Crippen LogP contribution in [0.4, 0.5) is 5.82 Å². The Balaban J connectivity index is 1.83. The second-order valence-electron chi connectivity index (χ2n) is 6.28. The van der Waals surface area contributed by atoms with Gasteiger partial charge in [-0.1, -0.05) is 19.1 Å². The zero-order valence-corrected chi connectivity index (χ0v) is 15.4. The fourth-order valence-electron chi connectivity index (χ4n) is 2.92. The average Bonchev–Trinajstić information content (AvgIpc) is 2.66. The van der Waals surface area contributed by atoms with Crippen LogP contribution < -0.4 is 10.5 Å². The third kappa shape index (κ3) is 3.86. The topological polar surface area (TPSA) is 105 Å². The van der Waals surface area contributed by atoms with Crippen molar-refractivity contribution in [2.75, 3.05) is 11.3 Å². The molecule has 1 aliphatic heterocycles. The van der Waals surface area contributed by atoms with Gasteiger partial charge in [0.25, 0.3) is 10.0 Å². The largest absolute Gasteiger partial charge is 0.337 e. The first-order chi connectivity index (χ1) is 12.4. The van der Waals surface area contributed by atoms with Gasteiger partial charge in [-0.2, -0.15) is 0 Å². The van der Waals surface area contributed by atoms with Crippen LogP contribution in [0.3, 0.4) is 0 Å². The first kappa shape index (κ1) is 18.3. The van der Waals surface area contributed by atoms with Crippen LogP contribution in [0, 0.1) is 0 Å². The number of hydrogen-bond donors (Lipinski definition) is 2. The molecule has 7 nitrogen and oxygen atoms in total. The number of rotatable bonds is 5. The normalized spacial score (nSPS) is 15.2. The van der Waals surface area contributed by atoms with Crippen LogP contribution in [-0.2, 0) is 27.8 Å². The molecule has 2 aromatic rings. The van der Waals surface area contributed by atoms with Crippen LogP contribution in [0.2, 0.25) is 0 Å². The summed E-state index contributed by atoms with van der Waals surface area (Å²) in [6, 6.07) is 9.50. The summed E-state index contributed by atoms with van der Waals surface area (Å²) in [7, 11) is -3.75. The molecule has 1 aromatic heterocycles. The highest BCUT2D eigenvalue weighted by Gasteiger charge is 2.25. The lowest BCUT2D eigenvalue weighted by Gasteiger charge is -2.31. The molecular weight excluding hydrogens is 352 g/mol. The lowest BCUT2D eigenvalue weighted by Crippen LogP contribution is -2.45. The Bertz CT molecular complexity index is 900. The van der Waals surface area contributed by atoms with Crippen molar-refractivity contribution >= 4 is 21.7 Å². The van der Waals surface area contributed by atoms with Gasteiger partial charge in [0.05, 0.1) is 10.9 Å². The minimum Gasteiger partial charge on any atom is -0.337 e. The Hall–Kier alpha value is -2.45. The molecule has 26 heavy (non-hydrogen) atoms. The Morgan fingerprint density at radius 1 is 1.31 bits per heavy atom. The fourth-order valence-corrected chi connectivity index (χ4v) is 3.98. The number of aromatic nitrogens is 1. The fraction of sp³-hybridized carbons (Fsp3) is 0.333. The minimum atomic E-state index is -3.75. The highest BCUT2D eigenvalue weighted by molar-refractivity contribution is 7.92. The van der Waals surface area contributed by atoms with E-state index in [1.807, 2.05) is 13.0 Å². The summed E-state index contributed by atoms with van der Waals surface area (Å²) < 4.78 is 27.7. The molecule has 2 heterocycles. The van der Waals surface area contributed by atoms with Gasteiger partial charge < -0.3 is 10.6 Å². The number of nitrogens with two attached hydrogens (primary N) is 1. The van der Waals surface area contributed by atoms with Gasteiger partial charge in [-0.25, -0.2) is 13.4 Å². The van der Waals surface area contributed by atoms with Gasteiger partial charge in [0, 0.05) is 19.3 Å². The second kappa shape index (κ2) is 7.43. The van der Waals surface area contributed by atoms with Crippen LogP contribution >= 0.6 is 0 Å². The highest BCUT2D eigenvalue weighted by atomic mass is 32.2. The van der Waals surface area contributed by atoms with Crippen molar-refractivity contribution in [2.24, 2.45) is 5.73 Å². The molecule has 1 amide bonds. The number of carbonyl (C=O) groups is 1. The van der Waals surface area contributed by atoms with E-state index in [1.165, 1.54) is 6.20 Å². The Morgan fingerprint density at radius 2 is 2.12 bits per heavy atom. The van der Waals surface area contributed by atoms with E-state index in [0.29, 0.717) is 25.9 Å². The van der Waals surface area contributed by atoms with Gasteiger partial charge >= 0.3 is 0 Å². The predicted molar refractivity (Wildman–Crippen MR) is 98.9 cm³/mol. The molecule has 0 aliphatic carbocycles. The number of amides is 1. The summed E-state index contributed by atoms with van der Waals surface area (Å²) in [6.07, 6.45) is 2.78. The predicted octanol–water partition coefficient (Wildman–Crippen LogP) is 1.50. The van der Waals surface area contributed by atoms with Gasteiger partial charge in [-0.15, -0.1) is 0 Å². The van der Waals surface area contributed by atoms with E-state index in [0.717, 1.165) is 11.1 Å². The van der Waals surface area contributed by atoms with E-state index in [2.05, 4.69) is 9.71 Å². The third-order valence-corrected chi connectivity index (χ3v) is 5.83. The number of fused-ring (bicyclic) bond motifs is 1. The van der Waals surface area contributed by atoms with Crippen molar-refractivity contribution in [3.63, 3.8) is 0 Å². The van der Waals surface area contributed by atoms with E-state index >= 15 is 0 Å². The molecule has 0 fully saturated rings. The SMILES string of the molecule is CC[C@H](N)C(=O)N1CCc2ccc(S(=O)(=O)Nc3ccccn3)cc2C1. The maximum atomic E-state index is 12.6. The van der Waals surface area contributed by atoms with E-state index in [-0.39, 0.29) is 16.6 Å². The molecule has 1 aliphatic rings. The lowest BCUT2D eigenvalue weighted by molar-refractivity contribution is -0.133. The zero-order chi connectivity index (χ0) is 18.7. The van der Waals surface area contributed by atoms with E-state index in [9.17, 15) is 13.2 Å². The molecule has 3 N–H and O–H groups in total. The van der Waals surface area contributed by atoms with Gasteiger partial charge in [-0.3, -0.25) is 9.52 Å². The smallest absolute Gasteiger partial charge is 0.263 e. The van der Waals surface area contributed by atoms with Crippen molar-refractivity contribution in [2.45, 2.75) is 37.2 Å². The van der Waals surface area contributed by atoms with Crippen molar-refractivity contribution in [3.05, 3.63) is 53.7 Å². The quantitative estimate of drug-likeness (QED) is 0.825. The van der Waals surface area contributed by atoms with Crippen molar-refractivity contribution < 1.29 is 13.2 Å². The Labute approximate surface area is 153 Å². The van der Waals surface area contributed by atoms with Gasteiger partial charge in [0.15, 0.2) is 0 Å². The molecule has 8 heteroatoms.